The average Bonchev–Trinajstić information content (AvgIpc) is 2.75. The van der Waals surface area contributed by atoms with Crippen molar-refractivity contribution in [1.29, 1.82) is 0 Å². The summed E-state index contributed by atoms with van der Waals surface area (Å²) in [6.45, 7) is 0. The Hall–Kier alpha value is -1.25. The molecule has 13 heavy (non-hydrogen) atoms. The average molecular weight is 179 g/mol. The fourth-order valence-corrected chi connectivity index (χ4v) is 2.23. The molecular formula is C10H13NO2. The van der Waals surface area contributed by atoms with E-state index in [4.69, 9.17) is 0 Å². The highest BCUT2D eigenvalue weighted by atomic mass is 16.4. The van der Waals surface area contributed by atoms with E-state index in [1.165, 1.54) is 0 Å². The molecule has 0 unspecified atom stereocenters. The van der Waals surface area contributed by atoms with E-state index >= 15 is 0 Å². The fraction of sp³-hybridized carbons (Fsp3) is 0.500. The number of aromatic amines is 1. The second-order valence-corrected chi connectivity index (χ2v) is 3.69. The molecule has 0 radical (unpaired) electrons. The largest absolute Gasteiger partial charge is 0.481 e. The quantitative estimate of drug-likeness (QED) is 0.728. The molecule has 1 fully saturated rings. The molecule has 1 aromatic heterocycles. The zero-order valence-corrected chi connectivity index (χ0v) is 7.42. The van der Waals surface area contributed by atoms with Crippen molar-refractivity contribution in [3.8, 4) is 0 Å². The van der Waals surface area contributed by atoms with E-state index in [9.17, 15) is 9.90 Å². The molecule has 3 heteroatoms. The minimum atomic E-state index is -0.676. The predicted molar refractivity (Wildman–Crippen MR) is 48.6 cm³/mol. The smallest absolute Gasteiger partial charge is 0.314 e. The molecule has 0 atom stereocenters. The molecule has 0 spiro atoms. The Morgan fingerprint density at radius 1 is 1.46 bits per heavy atom. The first kappa shape index (κ1) is 8.35. The van der Waals surface area contributed by atoms with Gasteiger partial charge in [0.15, 0.2) is 0 Å². The maximum Gasteiger partial charge on any atom is 0.314 e. The number of nitrogens with one attached hydrogen (secondary N) is 1. The van der Waals surface area contributed by atoms with Crippen molar-refractivity contribution in [2.75, 3.05) is 0 Å². The van der Waals surface area contributed by atoms with E-state index in [-0.39, 0.29) is 0 Å². The van der Waals surface area contributed by atoms with Crippen LogP contribution in [-0.2, 0) is 10.2 Å². The van der Waals surface area contributed by atoms with Crippen molar-refractivity contribution in [3.05, 3.63) is 24.0 Å². The SMILES string of the molecule is O=C(O)C1(c2cc[nH]c2)CCCC1. The fourth-order valence-electron chi connectivity index (χ4n) is 2.23. The molecule has 1 aliphatic rings. The van der Waals surface area contributed by atoms with E-state index < -0.39 is 11.4 Å². The van der Waals surface area contributed by atoms with Crippen LogP contribution in [0.5, 0.6) is 0 Å². The lowest BCUT2D eigenvalue weighted by Gasteiger charge is -2.22. The van der Waals surface area contributed by atoms with Gasteiger partial charge in [-0.25, -0.2) is 0 Å². The van der Waals surface area contributed by atoms with Crippen molar-refractivity contribution >= 4 is 5.97 Å². The van der Waals surface area contributed by atoms with Gasteiger partial charge in [-0.05, 0) is 24.5 Å². The molecule has 0 aliphatic heterocycles. The van der Waals surface area contributed by atoms with Gasteiger partial charge >= 0.3 is 5.97 Å². The molecule has 1 saturated carbocycles. The summed E-state index contributed by atoms with van der Waals surface area (Å²) in [6, 6.07) is 1.87. The van der Waals surface area contributed by atoms with Crippen LogP contribution in [0.3, 0.4) is 0 Å². The Balaban J connectivity index is 2.39. The molecule has 1 aromatic rings. The van der Waals surface area contributed by atoms with Crippen LogP contribution in [0.2, 0.25) is 0 Å². The first-order valence-corrected chi connectivity index (χ1v) is 4.62. The third kappa shape index (κ3) is 1.15. The zero-order chi connectivity index (χ0) is 9.31. The summed E-state index contributed by atoms with van der Waals surface area (Å²) in [4.78, 5) is 14.1. The topological polar surface area (TPSA) is 53.1 Å². The number of carbonyl (C=O) groups is 1. The molecule has 0 saturated heterocycles. The van der Waals surface area contributed by atoms with E-state index in [0.717, 1.165) is 31.2 Å². The number of aromatic nitrogens is 1. The van der Waals surface area contributed by atoms with Gasteiger partial charge in [0.1, 0.15) is 0 Å². The molecule has 2 rings (SSSR count). The first-order chi connectivity index (χ1) is 6.26. The highest BCUT2D eigenvalue weighted by molar-refractivity contribution is 5.81. The Kier molecular flexibility index (Phi) is 1.87. The molecule has 70 valence electrons. The number of hydrogen-bond donors (Lipinski definition) is 2. The van der Waals surface area contributed by atoms with Crippen LogP contribution in [0.1, 0.15) is 31.2 Å². The Morgan fingerprint density at radius 3 is 2.62 bits per heavy atom. The van der Waals surface area contributed by atoms with E-state index in [1.54, 1.807) is 12.4 Å². The van der Waals surface area contributed by atoms with Gasteiger partial charge in [0, 0.05) is 12.4 Å². The van der Waals surface area contributed by atoms with Crippen LogP contribution in [-0.4, -0.2) is 16.1 Å². The van der Waals surface area contributed by atoms with Crippen LogP contribution >= 0.6 is 0 Å². The maximum atomic E-state index is 11.2. The molecule has 0 aromatic carbocycles. The van der Waals surface area contributed by atoms with E-state index in [2.05, 4.69) is 4.98 Å². The normalized spacial score (nSPS) is 20.3. The summed E-state index contributed by atoms with van der Waals surface area (Å²) in [7, 11) is 0. The lowest BCUT2D eigenvalue weighted by molar-refractivity contribution is -0.143. The lowest BCUT2D eigenvalue weighted by atomic mass is 9.80. The van der Waals surface area contributed by atoms with Crippen LogP contribution in [0.15, 0.2) is 18.5 Å². The van der Waals surface area contributed by atoms with Crippen LogP contribution in [0.25, 0.3) is 0 Å². The molecule has 0 bridgehead atoms. The van der Waals surface area contributed by atoms with Crippen LogP contribution in [0.4, 0.5) is 0 Å². The van der Waals surface area contributed by atoms with Gasteiger partial charge in [0.05, 0.1) is 5.41 Å². The number of hydrogen-bond acceptors (Lipinski definition) is 1. The summed E-state index contributed by atoms with van der Waals surface area (Å²) in [5, 5.41) is 9.22. The standard InChI is InChI=1S/C10H13NO2/c12-9(13)10(4-1-2-5-10)8-3-6-11-7-8/h3,6-7,11H,1-2,4-5H2,(H,12,13). The van der Waals surface area contributed by atoms with Crippen molar-refractivity contribution in [2.24, 2.45) is 0 Å². The summed E-state index contributed by atoms with van der Waals surface area (Å²) in [6.07, 6.45) is 7.20. The molecular weight excluding hydrogens is 166 g/mol. The molecule has 2 N–H and O–H groups in total. The summed E-state index contributed by atoms with van der Waals surface area (Å²) < 4.78 is 0. The highest BCUT2D eigenvalue weighted by Gasteiger charge is 2.42. The third-order valence-electron chi connectivity index (χ3n) is 3.02. The van der Waals surface area contributed by atoms with Crippen molar-refractivity contribution in [3.63, 3.8) is 0 Å². The third-order valence-corrected chi connectivity index (χ3v) is 3.02. The minimum absolute atomic E-state index is 0.597. The second kappa shape index (κ2) is 2.91. The van der Waals surface area contributed by atoms with Crippen LogP contribution < -0.4 is 0 Å². The van der Waals surface area contributed by atoms with Crippen molar-refractivity contribution < 1.29 is 9.90 Å². The van der Waals surface area contributed by atoms with Crippen molar-refractivity contribution in [2.45, 2.75) is 31.1 Å². The van der Waals surface area contributed by atoms with Crippen molar-refractivity contribution in [1.82, 2.24) is 4.98 Å². The van der Waals surface area contributed by atoms with Gasteiger partial charge in [-0.15, -0.1) is 0 Å². The van der Waals surface area contributed by atoms with Gasteiger partial charge in [0.2, 0.25) is 0 Å². The summed E-state index contributed by atoms with van der Waals surface area (Å²) >= 11 is 0. The first-order valence-electron chi connectivity index (χ1n) is 4.62. The zero-order valence-electron chi connectivity index (χ0n) is 7.42. The summed E-state index contributed by atoms with van der Waals surface area (Å²) in [5.41, 5.74) is 0.331. The van der Waals surface area contributed by atoms with E-state index in [1.807, 2.05) is 6.07 Å². The van der Waals surface area contributed by atoms with E-state index in [0.29, 0.717) is 0 Å². The van der Waals surface area contributed by atoms with Gasteiger partial charge in [0.25, 0.3) is 0 Å². The lowest BCUT2D eigenvalue weighted by Crippen LogP contribution is -2.32. The Morgan fingerprint density at radius 2 is 2.15 bits per heavy atom. The maximum absolute atomic E-state index is 11.2. The minimum Gasteiger partial charge on any atom is -0.481 e. The number of rotatable bonds is 2. The number of aliphatic carboxylic acids is 1. The molecule has 0 amide bonds. The monoisotopic (exact) mass is 179 g/mol. The van der Waals surface area contributed by atoms with Gasteiger partial charge in [-0.3, -0.25) is 4.79 Å². The number of H-pyrrole nitrogens is 1. The number of carboxylic acids is 1. The molecule has 1 heterocycles. The molecule has 1 aliphatic carbocycles. The second-order valence-electron chi connectivity index (χ2n) is 3.69. The summed E-state index contributed by atoms with van der Waals surface area (Å²) in [5.74, 6) is -0.676. The Bertz CT molecular complexity index is 297. The molecule has 3 nitrogen and oxygen atoms in total. The van der Waals surface area contributed by atoms with Gasteiger partial charge in [-0.2, -0.15) is 0 Å². The predicted octanol–water partition coefficient (Wildman–Crippen LogP) is 1.91. The Labute approximate surface area is 76.8 Å². The number of carboxylic acid groups (broad SMARTS) is 1. The highest BCUT2D eigenvalue weighted by Crippen LogP contribution is 2.41. The van der Waals surface area contributed by atoms with Crippen LogP contribution in [0, 0.1) is 0 Å². The van der Waals surface area contributed by atoms with Gasteiger partial charge < -0.3 is 10.1 Å². The van der Waals surface area contributed by atoms with Gasteiger partial charge in [-0.1, -0.05) is 12.8 Å².